The molecule has 1 N–H and O–H groups in total. The van der Waals surface area contributed by atoms with Crippen molar-refractivity contribution < 1.29 is 14.6 Å². The molecule has 1 rings (SSSR count). The first kappa shape index (κ1) is 11.1. The van der Waals surface area contributed by atoms with E-state index >= 15 is 0 Å². The molecule has 0 saturated heterocycles. The number of benzene rings is 1. The Kier molecular flexibility index (Phi) is 3.98. The zero-order valence-electron chi connectivity index (χ0n) is 8.11. The Hall–Kier alpha value is -1.00. The van der Waals surface area contributed by atoms with E-state index in [1.54, 1.807) is 13.2 Å². The van der Waals surface area contributed by atoms with Gasteiger partial charge in [0.05, 0.1) is 12.2 Å². The zero-order valence-corrected chi connectivity index (χ0v) is 8.93. The zero-order chi connectivity index (χ0) is 10.6. The number of thioether (sulfide) groups is 1. The molecule has 0 saturated carbocycles. The van der Waals surface area contributed by atoms with Crippen molar-refractivity contribution in [2.24, 2.45) is 0 Å². The molecule has 0 bridgehead atoms. The summed E-state index contributed by atoms with van der Waals surface area (Å²) in [5.41, 5.74) is 1.22. The third kappa shape index (κ3) is 2.49. The summed E-state index contributed by atoms with van der Waals surface area (Å²) in [6.45, 7) is 0.439. The van der Waals surface area contributed by atoms with Crippen LogP contribution in [-0.2, 0) is 11.3 Å². The van der Waals surface area contributed by atoms with Crippen molar-refractivity contribution in [1.82, 2.24) is 0 Å². The summed E-state index contributed by atoms with van der Waals surface area (Å²) in [7, 11) is 1.59. The highest BCUT2D eigenvalue weighted by atomic mass is 32.2. The monoisotopic (exact) mass is 212 g/mol. The molecule has 14 heavy (non-hydrogen) atoms. The van der Waals surface area contributed by atoms with E-state index in [4.69, 9.17) is 9.84 Å². The van der Waals surface area contributed by atoms with Gasteiger partial charge in [0.1, 0.15) is 0 Å². The van der Waals surface area contributed by atoms with Gasteiger partial charge in [-0.3, -0.25) is 0 Å². The minimum absolute atomic E-state index is 0.340. The van der Waals surface area contributed by atoms with E-state index in [2.05, 4.69) is 0 Å². The topological polar surface area (TPSA) is 46.5 Å². The van der Waals surface area contributed by atoms with E-state index < -0.39 is 5.97 Å². The number of carboxylic acid groups (broad SMARTS) is 1. The second kappa shape index (κ2) is 5.02. The Labute approximate surface area is 87.1 Å². The van der Waals surface area contributed by atoms with Crippen molar-refractivity contribution in [2.75, 3.05) is 13.4 Å². The van der Waals surface area contributed by atoms with Crippen molar-refractivity contribution in [1.29, 1.82) is 0 Å². The Morgan fingerprint density at radius 1 is 1.57 bits per heavy atom. The van der Waals surface area contributed by atoms with E-state index in [0.29, 0.717) is 12.2 Å². The number of ether oxygens (including phenoxy) is 1. The van der Waals surface area contributed by atoms with Gasteiger partial charge in [-0.05, 0) is 24.0 Å². The second-order valence-electron chi connectivity index (χ2n) is 2.77. The normalized spacial score (nSPS) is 10.1. The van der Waals surface area contributed by atoms with Crippen LogP contribution in [0, 0.1) is 0 Å². The van der Waals surface area contributed by atoms with Crippen molar-refractivity contribution in [2.45, 2.75) is 11.5 Å². The van der Waals surface area contributed by atoms with Crippen LogP contribution >= 0.6 is 11.8 Å². The summed E-state index contributed by atoms with van der Waals surface area (Å²) in [4.78, 5) is 11.7. The summed E-state index contributed by atoms with van der Waals surface area (Å²) in [5, 5.41) is 8.94. The maximum absolute atomic E-state index is 10.9. The van der Waals surface area contributed by atoms with E-state index in [9.17, 15) is 4.79 Å². The predicted molar refractivity (Wildman–Crippen MR) is 55.9 cm³/mol. The minimum atomic E-state index is -0.896. The average molecular weight is 212 g/mol. The van der Waals surface area contributed by atoms with Gasteiger partial charge in [0, 0.05) is 12.0 Å². The Morgan fingerprint density at radius 2 is 2.29 bits per heavy atom. The summed E-state index contributed by atoms with van der Waals surface area (Å²) in [5.74, 6) is -0.896. The molecule has 0 atom stereocenters. The fourth-order valence-corrected chi connectivity index (χ4v) is 1.75. The molecule has 0 radical (unpaired) electrons. The molecule has 0 aliphatic rings. The third-order valence-corrected chi connectivity index (χ3v) is 2.60. The Balaban J connectivity index is 3.07. The Morgan fingerprint density at radius 3 is 2.79 bits per heavy atom. The molecule has 0 aromatic heterocycles. The molecule has 76 valence electrons. The first-order valence-corrected chi connectivity index (χ1v) is 5.30. The van der Waals surface area contributed by atoms with Gasteiger partial charge in [0.25, 0.3) is 0 Å². The lowest BCUT2D eigenvalue weighted by Gasteiger charge is -2.05. The van der Waals surface area contributed by atoms with Gasteiger partial charge in [-0.15, -0.1) is 11.8 Å². The molecule has 0 heterocycles. The van der Waals surface area contributed by atoms with Crippen LogP contribution in [0.1, 0.15) is 15.9 Å². The summed E-state index contributed by atoms with van der Waals surface area (Å²) < 4.78 is 4.94. The van der Waals surface area contributed by atoms with Crippen LogP contribution in [0.3, 0.4) is 0 Å². The van der Waals surface area contributed by atoms with Crippen LogP contribution in [0.15, 0.2) is 23.1 Å². The highest BCUT2D eigenvalue weighted by Gasteiger charge is 2.09. The van der Waals surface area contributed by atoms with Crippen molar-refractivity contribution in [3.05, 3.63) is 29.3 Å². The van der Waals surface area contributed by atoms with Crippen LogP contribution in [0.5, 0.6) is 0 Å². The van der Waals surface area contributed by atoms with E-state index in [1.807, 2.05) is 18.4 Å². The van der Waals surface area contributed by atoms with Gasteiger partial charge in [-0.1, -0.05) is 6.07 Å². The molecule has 1 aromatic rings. The van der Waals surface area contributed by atoms with Gasteiger partial charge < -0.3 is 9.84 Å². The number of carboxylic acids is 1. The van der Waals surface area contributed by atoms with Gasteiger partial charge in [0.2, 0.25) is 0 Å². The number of carbonyl (C=O) groups is 1. The third-order valence-electron chi connectivity index (χ3n) is 1.81. The smallest absolute Gasteiger partial charge is 0.336 e. The summed E-state index contributed by atoms with van der Waals surface area (Å²) in [6.07, 6.45) is 1.86. The number of aromatic carboxylic acids is 1. The highest BCUT2D eigenvalue weighted by molar-refractivity contribution is 7.98. The van der Waals surface area contributed by atoms with E-state index in [1.165, 1.54) is 11.8 Å². The lowest BCUT2D eigenvalue weighted by atomic mass is 10.1. The molecule has 4 heteroatoms. The minimum Gasteiger partial charge on any atom is -0.478 e. The van der Waals surface area contributed by atoms with Gasteiger partial charge in [-0.25, -0.2) is 4.79 Å². The highest BCUT2D eigenvalue weighted by Crippen LogP contribution is 2.21. The lowest BCUT2D eigenvalue weighted by molar-refractivity contribution is 0.0692. The molecule has 0 fully saturated rings. The molecule has 0 spiro atoms. The molecular weight excluding hydrogens is 200 g/mol. The van der Waals surface area contributed by atoms with E-state index in [0.717, 1.165) is 10.5 Å². The maximum Gasteiger partial charge on any atom is 0.336 e. The molecule has 0 aliphatic heterocycles. The number of hydrogen-bond donors (Lipinski definition) is 1. The van der Waals surface area contributed by atoms with Gasteiger partial charge >= 0.3 is 5.97 Å². The van der Waals surface area contributed by atoms with Gasteiger partial charge in [-0.2, -0.15) is 0 Å². The summed E-state index contributed by atoms with van der Waals surface area (Å²) in [6, 6.07) is 5.34. The lowest BCUT2D eigenvalue weighted by Crippen LogP contribution is -2.00. The van der Waals surface area contributed by atoms with Crippen LogP contribution in [0.4, 0.5) is 0 Å². The molecule has 1 aromatic carbocycles. The first-order valence-electron chi connectivity index (χ1n) is 4.08. The molecule has 0 unspecified atom stereocenters. The van der Waals surface area contributed by atoms with Gasteiger partial charge in [0.15, 0.2) is 0 Å². The fraction of sp³-hybridized carbons (Fsp3) is 0.300. The van der Waals surface area contributed by atoms with Crippen LogP contribution < -0.4 is 0 Å². The van der Waals surface area contributed by atoms with Crippen molar-refractivity contribution in [3.8, 4) is 0 Å². The Bertz CT molecular complexity index is 336. The first-order chi connectivity index (χ1) is 6.69. The molecular formula is C10H12O3S. The van der Waals surface area contributed by atoms with Crippen molar-refractivity contribution in [3.63, 3.8) is 0 Å². The largest absolute Gasteiger partial charge is 0.478 e. The molecule has 0 amide bonds. The standard InChI is InChI=1S/C10H12O3S/c1-13-6-7-3-4-9(14-2)8(5-7)10(11)12/h3-5H,6H2,1-2H3,(H,11,12). The molecule has 3 nitrogen and oxygen atoms in total. The number of rotatable bonds is 4. The average Bonchev–Trinajstić information content (AvgIpc) is 2.18. The maximum atomic E-state index is 10.9. The van der Waals surface area contributed by atoms with Crippen LogP contribution in [0.2, 0.25) is 0 Å². The summed E-state index contributed by atoms with van der Waals surface area (Å²) >= 11 is 1.43. The second-order valence-corrected chi connectivity index (χ2v) is 3.62. The predicted octanol–water partition coefficient (Wildman–Crippen LogP) is 2.25. The van der Waals surface area contributed by atoms with Crippen molar-refractivity contribution >= 4 is 17.7 Å². The molecule has 0 aliphatic carbocycles. The van der Waals surface area contributed by atoms with E-state index in [-0.39, 0.29) is 0 Å². The number of hydrogen-bond acceptors (Lipinski definition) is 3. The SMILES string of the molecule is COCc1ccc(SC)c(C(=O)O)c1. The fourth-order valence-electron chi connectivity index (χ4n) is 1.18. The van der Waals surface area contributed by atoms with Crippen LogP contribution in [-0.4, -0.2) is 24.4 Å². The quantitative estimate of drug-likeness (QED) is 0.777. The number of methoxy groups -OCH3 is 1. The van der Waals surface area contributed by atoms with Crippen LogP contribution in [0.25, 0.3) is 0 Å².